The molecule has 1 heterocycles. The standard InChI is InChI=1S/C23H38N4O4.HI/c1-6-29-20-12-11-18(14-21(20)30-7-2)17(3)26-23(25-16-22(28)27(4)5)24-15-19-10-8-9-13-31-19;/h11-12,14,17,19H,6-10,13,15-16H2,1-5H3,(H2,24,25,26);1H. The highest BCUT2D eigenvalue weighted by atomic mass is 127. The maximum Gasteiger partial charge on any atom is 0.243 e. The predicted molar refractivity (Wildman–Crippen MR) is 138 cm³/mol. The van der Waals surface area contributed by atoms with Crippen LogP contribution in [0.25, 0.3) is 0 Å². The monoisotopic (exact) mass is 562 g/mol. The maximum absolute atomic E-state index is 12.0. The molecule has 1 aliphatic heterocycles. The Balaban J connectivity index is 0.00000512. The van der Waals surface area contributed by atoms with Gasteiger partial charge >= 0.3 is 0 Å². The van der Waals surface area contributed by atoms with Crippen molar-refractivity contribution < 1.29 is 19.0 Å². The first-order valence-electron chi connectivity index (χ1n) is 11.2. The van der Waals surface area contributed by atoms with Gasteiger partial charge in [-0.15, -0.1) is 24.0 Å². The Morgan fingerprint density at radius 1 is 1.22 bits per heavy atom. The van der Waals surface area contributed by atoms with Crippen LogP contribution in [0.15, 0.2) is 23.2 Å². The van der Waals surface area contributed by atoms with Gasteiger partial charge in [0.1, 0.15) is 6.54 Å². The number of aliphatic imine (C=N–C) groups is 1. The first-order valence-corrected chi connectivity index (χ1v) is 11.2. The van der Waals surface area contributed by atoms with Crippen LogP contribution in [-0.4, -0.2) is 69.9 Å². The number of hydrogen-bond donors (Lipinski definition) is 2. The molecule has 0 spiro atoms. The molecule has 1 amide bonds. The van der Waals surface area contributed by atoms with Gasteiger partial charge < -0.3 is 29.7 Å². The fourth-order valence-corrected chi connectivity index (χ4v) is 3.25. The Hall–Kier alpha value is -1.75. The fourth-order valence-electron chi connectivity index (χ4n) is 3.25. The molecule has 1 fully saturated rings. The third-order valence-electron chi connectivity index (χ3n) is 5.06. The van der Waals surface area contributed by atoms with Crippen molar-refractivity contribution in [2.75, 3.05) is 47.0 Å². The van der Waals surface area contributed by atoms with Crippen molar-refractivity contribution in [3.05, 3.63) is 23.8 Å². The fraction of sp³-hybridized carbons (Fsp3) is 0.652. The highest BCUT2D eigenvalue weighted by Gasteiger charge is 2.17. The van der Waals surface area contributed by atoms with Gasteiger partial charge in [-0.05, 0) is 57.7 Å². The van der Waals surface area contributed by atoms with Crippen molar-refractivity contribution in [3.63, 3.8) is 0 Å². The largest absolute Gasteiger partial charge is 0.490 e. The number of nitrogens with one attached hydrogen (secondary N) is 2. The van der Waals surface area contributed by atoms with E-state index in [-0.39, 0.29) is 48.6 Å². The van der Waals surface area contributed by atoms with Gasteiger partial charge in [0.25, 0.3) is 0 Å². The summed E-state index contributed by atoms with van der Waals surface area (Å²) in [5.41, 5.74) is 1.04. The second-order valence-electron chi connectivity index (χ2n) is 7.76. The number of halogens is 1. The first-order chi connectivity index (χ1) is 14.9. The average Bonchev–Trinajstić information content (AvgIpc) is 2.77. The number of amides is 1. The smallest absolute Gasteiger partial charge is 0.243 e. The van der Waals surface area contributed by atoms with Gasteiger partial charge in [0.15, 0.2) is 17.5 Å². The van der Waals surface area contributed by atoms with Crippen molar-refractivity contribution in [2.45, 2.75) is 52.2 Å². The van der Waals surface area contributed by atoms with E-state index in [9.17, 15) is 4.79 Å². The summed E-state index contributed by atoms with van der Waals surface area (Å²) in [4.78, 5) is 18.1. The van der Waals surface area contributed by atoms with E-state index >= 15 is 0 Å². The molecule has 0 bridgehead atoms. The number of ether oxygens (including phenoxy) is 3. The molecule has 2 unspecified atom stereocenters. The normalized spacial score (nSPS) is 17.0. The lowest BCUT2D eigenvalue weighted by Crippen LogP contribution is -2.44. The lowest BCUT2D eigenvalue weighted by atomic mass is 10.1. The van der Waals surface area contributed by atoms with Gasteiger partial charge in [-0.25, -0.2) is 4.99 Å². The van der Waals surface area contributed by atoms with E-state index < -0.39 is 0 Å². The van der Waals surface area contributed by atoms with Gasteiger partial charge in [-0.3, -0.25) is 4.79 Å². The number of nitrogens with zero attached hydrogens (tertiary/aromatic N) is 2. The molecule has 2 atom stereocenters. The number of rotatable bonds is 10. The molecule has 2 rings (SSSR count). The number of benzene rings is 1. The zero-order chi connectivity index (χ0) is 22.6. The average molecular weight is 562 g/mol. The summed E-state index contributed by atoms with van der Waals surface area (Å²) in [7, 11) is 3.46. The van der Waals surface area contributed by atoms with Gasteiger partial charge in [0.2, 0.25) is 5.91 Å². The molecule has 182 valence electrons. The molecule has 9 heteroatoms. The van der Waals surface area contributed by atoms with Gasteiger partial charge in [-0.2, -0.15) is 0 Å². The Bertz CT molecular complexity index is 724. The van der Waals surface area contributed by atoms with E-state index in [1.54, 1.807) is 14.1 Å². The van der Waals surface area contributed by atoms with Crippen LogP contribution in [0.1, 0.15) is 51.6 Å². The molecule has 1 aliphatic rings. The highest BCUT2D eigenvalue weighted by molar-refractivity contribution is 14.0. The van der Waals surface area contributed by atoms with E-state index in [2.05, 4.69) is 15.6 Å². The molecule has 0 radical (unpaired) electrons. The molecule has 1 saturated heterocycles. The van der Waals surface area contributed by atoms with E-state index in [0.29, 0.717) is 25.7 Å². The van der Waals surface area contributed by atoms with Crippen LogP contribution in [0, 0.1) is 0 Å². The minimum atomic E-state index is -0.0534. The van der Waals surface area contributed by atoms with Crippen LogP contribution in [0.3, 0.4) is 0 Å². The topological polar surface area (TPSA) is 84.4 Å². The molecular formula is C23H39IN4O4. The number of guanidine groups is 1. The quantitative estimate of drug-likeness (QED) is 0.259. The molecule has 2 N–H and O–H groups in total. The number of likely N-dealkylation sites (N-methyl/N-ethyl adjacent to an activating group) is 1. The molecule has 8 nitrogen and oxygen atoms in total. The second-order valence-corrected chi connectivity index (χ2v) is 7.76. The Kier molecular flexibility index (Phi) is 13.4. The summed E-state index contributed by atoms with van der Waals surface area (Å²) in [5, 5.41) is 6.75. The maximum atomic E-state index is 12.0. The third-order valence-corrected chi connectivity index (χ3v) is 5.06. The molecular weight excluding hydrogens is 523 g/mol. The zero-order valence-electron chi connectivity index (χ0n) is 20.0. The summed E-state index contributed by atoms with van der Waals surface area (Å²) >= 11 is 0. The minimum Gasteiger partial charge on any atom is -0.490 e. The first kappa shape index (κ1) is 28.3. The lowest BCUT2D eigenvalue weighted by Gasteiger charge is -2.25. The summed E-state index contributed by atoms with van der Waals surface area (Å²) in [6.45, 7) is 8.63. The van der Waals surface area contributed by atoms with E-state index in [0.717, 1.165) is 36.5 Å². The molecule has 0 aromatic heterocycles. The van der Waals surface area contributed by atoms with E-state index in [4.69, 9.17) is 14.2 Å². The van der Waals surface area contributed by atoms with E-state index in [1.807, 2.05) is 39.0 Å². The van der Waals surface area contributed by atoms with Crippen LogP contribution >= 0.6 is 24.0 Å². The SMILES string of the molecule is CCOc1ccc(C(C)NC(=NCC(=O)N(C)C)NCC2CCCCO2)cc1OCC.I. The molecule has 0 saturated carbocycles. The van der Waals surface area contributed by atoms with Gasteiger partial charge in [0, 0.05) is 27.2 Å². The number of carbonyl (C=O) groups is 1. The molecule has 1 aromatic rings. The van der Waals surface area contributed by atoms with Gasteiger partial charge in [-0.1, -0.05) is 6.07 Å². The number of hydrogen-bond acceptors (Lipinski definition) is 5. The minimum absolute atomic E-state index is 0. The van der Waals surface area contributed by atoms with Crippen LogP contribution < -0.4 is 20.1 Å². The van der Waals surface area contributed by atoms with E-state index in [1.165, 1.54) is 11.3 Å². The van der Waals surface area contributed by atoms with Gasteiger partial charge in [0.05, 0.1) is 25.4 Å². The second kappa shape index (κ2) is 15.2. The highest BCUT2D eigenvalue weighted by Crippen LogP contribution is 2.30. The summed E-state index contributed by atoms with van der Waals surface area (Å²) in [6.07, 6.45) is 3.48. The van der Waals surface area contributed by atoms with Crippen LogP contribution in [-0.2, 0) is 9.53 Å². The summed E-state index contributed by atoms with van der Waals surface area (Å²) < 4.78 is 17.2. The van der Waals surface area contributed by atoms with Crippen LogP contribution in [0.4, 0.5) is 0 Å². The Labute approximate surface area is 209 Å². The zero-order valence-corrected chi connectivity index (χ0v) is 22.3. The molecule has 1 aromatic carbocycles. The Morgan fingerprint density at radius 3 is 2.56 bits per heavy atom. The van der Waals surface area contributed by atoms with Crippen LogP contribution in [0.5, 0.6) is 11.5 Å². The van der Waals surface area contributed by atoms with Crippen molar-refractivity contribution in [3.8, 4) is 11.5 Å². The molecule has 32 heavy (non-hydrogen) atoms. The summed E-state index contributed by atoms with van der Waals surface area (Å²) in [5.74, 6) is 1.99. The molecule has 0 aliphatic carbocycles. The van der Waals surface area contributed by atoms with Crippen molar-refractivity contribution >= 4 is 35.8 Å². The Morgan fingerprint density at radius 2 is 1.94 bits per heavy atom. The third kappa shape index (κ3) is 9.40. The van der Waals surface area contributed by atoms with Crippen molar-refractivity contribution in [2.24, 2.45) is 4.99 Å². The lowest BCUT2D eigenvalue weighted by molar-refractivity contribution is -0.127. The number of carbonyl (C=O) groups excluding carboxylic acids is 1. The van der Waals surface area contributed by atoms with Crippen LogP contribution in [0.2, 0.25) is 0 Å². The predicted octanol–water partition coefficient (Wildman–Crippen LogP) is 3.36. The van der Waals surface area contributed by atoms with Crippen molar-refractivity contribution in [1.29, 1.82) is 0 Å². The van der Waals surface area contributed by atoms with Crippen molar-refractivity contribution in [1.82, 2.24) is 15.5 Å². The summed E-state index contributed by atoms with van der Waals surface area (Å²) in [6, 6.07) is 5.87.